The molecule has 0 spiro atoms. The number of amides is 1. The fraction of sp³-hybridized carbons (Fsp3) is 0.312. The van der Waals surface area contributed by atoms with E-state index >= 15 is 0 Å². The normalized spacial score (nSPS) is 17.1. The van der Waals surface area contributed by atoms with Crippen molar-refractivity contribution in [2.45, 2.75) is 18.9 Å². The highest BCUT2D eigenvalue weighted by Crippen LogP contribution is 2.30. The summed E-state index contributed by atoms with van der Waals surface area (Å²) in [6.07, 6.45) is 4.26. The zero-order chi connectivity index (χ0) is 14.7. The Morgan fingerprint density at radius 2 is 2.05 bits per heavy atom. The molecule has 1 aliphatic heterocycles. The fourth-order valence-electron chi connectivity index (χ4n) is 2.52. The number of fused-ring (bicyclic) bond motifs is 1. The van der Waals surface area contributed by atoms with E-state index in [4.69, 9.17) is 4.74 Å². The first-order chi connectivity index (χ1) is 10.3. The first-order valence-corrected chi connectivity index (χ1v) is 6.98. The molecule has 5 heteroatoms. The molecule has 0 saturated carbocycles. The van der Waals surface area contributed by atoms with Crippen molar-refractivity contribution >= 4 is 11.9 Å². The molecule has 0 aliphatic carbocycles. The summed E-state index contributed by atoms with van der Waals surface area (Å²) in [6, 6.07) is 9.86. The van der Waals surface area contributed by atoms with Crippen molar-refractivity contribution in [2.24, 2.45) is 0 Å². The zero-order valence-corrected chi connectivity index (χ0v) is 11.9. The van der Waals surface area contributed by atoms with Gasteiger partial charge in [0.2, 0.25) is 11.9 Å². The number of nitrogens with zero attached hydrogens (tertiary/aromatic N) is 3. The van der Waals surface area contributed by atoms with E-state index in [-0.39, 0.29) is 12.0 Å². The van der Waals surface area contributed by atoms with E-state index in [9.17, 15) is 4.79 Å². The lowest BCUT2D eigenvalue weighted by molar-refractivity contribution is -0.121. The van der Waals surface area contributed by atoms with Crippen LogP contribution in [0.15, 0.2) is 42.7 Å². The molecule has 1 aromatic heterocycles. The molecule has 2 heterocycles. The van der Waals surface area contributed by atoms with Crippen molar-refractivity contribution in [3.63, 3.8) is 0 Å². The second-order valence-corrected chi connectivity index (χ2v) is 5.01. The molecule has 3 rings (SSSR count). The Morgan fingerprint density at radius 3 is 2.86 bits per heavy atom. The van der Waals surface area contributed by atoms with Crippen molar-refractivity contribution in [1.82, 2.24) is 9.97 Å². The number of hydrogen-bond acceptors (Lipinski definition) is 4. The van der Waals surface area contributed by atoms with Crippen molar-refractivity contribution < 1.29 is 9.53 Å². The van der Waals surface area contributed by atoms with Crippen LogP contribution >= 0.6 is 0 Å². The Kier molecular flexibility index (Phi) is 3.92. The molecule has 5 nitrogen and oxygen atoms in total. The predicted molar refractivity (Wildman–Crippen MR) is 78.9 cm³/mol. The lowest BCUT2D eigenvalue weighted by Crippen LogP contribution is -2.31. The molecule has 0 radical (unpaired) electrons. The third-order valence-electron chi connectivity index (χ3n) is 3.68. The van der Waals surface area contributed by atoms with E-state index in [0.29, 0.717) is 19.0 Å². The first kappa shape index (κ1) is 13.7. The molecule has 2 aromatic rings. The lowest BCUT2D eigenvalue weighted by atomic mass is 9.95. The minimum Gasteiger partial charge on any atom is -0.373 e. The zero-order valence-electron chi connectivity index (χ0n) is 11.9. The summed E-state index contributed by atoms with van der Waals surface area (Å²) in [5.74, 6) is 0.356. The summed E-state index contributed by atoms with van der Waals surface area (Å²) >= 11 is 0. The summed E-state index contributed by atoms with van der Waals surface area (Å²) < 4.78 is 5.77. The molecular formula is C16H17N3O2. The van der Waals surface area contributed by atoms with Crippen LogP contribution in [0, 0.1) is 0 Å². The van der Waals surface area contributed by atoms with Crippen molar-refractivity contribution in [3.8, 4) is 0 Å². The molecule has 1 aromatic carbocycles. The number of anilines is 1. The van der Waals surface area contributed by atoms with Crippen LogP contribution in [0.3, 0.4) is 0 Å². The third-order valence-corrected chi connectivity index (χ3v) is 3.68. The van der Waals surface area contributed by atoms with Gasteiger partial charge >= 0.3 is 0 Å². The summed E-state index contributed by atoms with van der Waals surface area (Å²) in [5.41, 5.74) is 2.37. The molecule has 1 aliphatic rings. The smallest absolute Gasteiger partial charge is 0.232 e. The number of ether oxygens (including phenoxy) is 1. The molecule has 1 amide bonds. The monoisotopic (exact) mass is 283 g/mol. The Labute approximate surface area is 123 Å². The number of benzene rings is 1. The molecule has 108 valence electrons. The van der Waals surface area contributed by atoms with Crippen molar-refractivity contribution in [1.29, 1.82) is 0 Å². The summed E-state index contributed by atoms with van der Waals surface area (Å²) in [6.45, 7) is 0.653. The van der Waals surface area contributed by atoms with Crippen LogP contribution in [-0.4, -0.2) is 29.5 Å². The minimum atomic E-state index is -0.186. The van der Waals surface area contributed by atoms with Crippen LogP contribution in [0.4, 0.5) is 5.95 Å². The van der Waals surface area contributed by atoms with Crippen LogP contribution in [-0.2, 0) is 16.0 Å². The summed E-state index contributed by atoms with van der Waals surface area (Å²) in [5, 5.41) is 0. The highest BCUT2D eigenvalue weighted by molar-refractivity contribution is 5.91. The molecule has 0 saturated heterocycles. The quantitative estimate of drug-likeness (QED) is 0.866. The predicted octanol–water partition coefficient (Wildman–Crippen LogP) is 2.14. The molecule has 1 unspecified atom stereocenters. The average Bonchev–Trinajstić information content (AvgIpc) is 2.55. The van der Waals surface area contributed by atoms with Crippen LogP contribution in [0.1, 0.15) is 23.7 Å². The van der Waals surface area contributed by atoms with Gasteiger partial charge in [0.05, 0.1) is 19.1 Å². The van der Waals surface area contributed by atoms with Gasteiger partial charge in [0.1, 0.15) is 0 Å². The van der Waals surface area contributed by atoms with E-state index in [2.05, 4.69) is 16.0 Å². The number of hydrogen-bond donors (Lipinski definition) is 0. The second-order valence-electron chi connectivity index (χ2n) is 5.01. The minimum absolute atomic E-state index is 0.0529. The van der Waals surface area contributed by atoms with Crippen LogP contribution in [0.25, 0.3) is 0 Å². The molecule has 1 atom stereocenters. The Bertz CT molecular complexity index is 630. The van der Waals surface area contributed by atoms with E-state index in [0.717, 1.165) is 12.0 Å². The van der Waals surface area contributed by atoms with E-state index in [1.54, 1.807) is 25.5 Å². The average molecular weight is 283 g/mol. The van der Waals surface area contributed by atoms with Gasteiger partial charge in [0.25, 0.3) is 0 Å². The van der Waals surface area contributed by atoms with Gasteiger partial charge in [-0.15, -0.1) is 0 Å². The maximum absolute atomic E-state index is 12.4. The van der Waals surface area contributed by atoms with Crippen LogP contribution in [0.5, 0.6) is 0 Å². The van der Waals surface area contributed by atoms with Crippen molar-refractivity contribution in [3.05, 3.63) is 53.9 Å². The highest BCUT2D eigenvalue weighted by atomic mass is 16.5. The van der Waals surface area contributed by atoms with Crippen LogP contribution < -0.4 is 4.90 Å². The molecule has 0 N–H and O–H groups in total. The van der Waals surface area contributed by atoms with Crippen molar-refractivity contribution in [2.75, 3.05) is 18.6 Å². The lowest BCUT2D eigenvalue weighted by Gasteiger charge is -2.27. The van der Waals surface area contributed by atoms with Gasteiger partial charge in [0, 0.05) is 19.4 Å². The maximum atomic E-state index is 12.4. The van der Waals surface area contributed by atoms with Gasteiger partial charge in [-0.3, -0.25) is 9.69 Å². The summed E-state index contributed by atoms with van der Waals surface area (Å²) in [4.78, 5) is 22.0. The Balaban J connectivity index is 1.74. The Hall–Kier alpha value is -2.27. The van der Waals surface area contributed by atoms with E-state index in [1.807, 2.05) is 18.2 Å². The van der Waals surface area contributed by atoms with E-state index < -0.39 is 0 Å². The van der Waals surface area contributed by atoms with Gasteiger partial charge in [-0.25, -0.2) is 9.97 Å². The molecular weight excluding hydrogens is 266 g/mol. The topological polar surface area (TPSA) is 55.3 Å². The van der Waals surface area contributed by atoms with Gasteiger partial charge in [-0.1, -0.05) is 24.3 Å². The third kappa shape index (κ3) is 2.92. The second kappa shape index (κ2) is 6.01. The molecule has 0 bridgehead atoms. The number of carbonyl (C=O) groups is 1. The fourth-order valence-corrected chi connectivity index (χ4v) is 2.52. The standard InChI is InChI=1S/C16H17N3O2/c1-19(16-17-8-4-9-18-16)15(20)11-14-13-6-3-2-5-12(13)7-10-21-14/h2-6,8-9,14H,7,10-11H2,1H3. The van der Waals surface area contributed by atoms with Crippen LogP contribution in [0.2, 0.25) is 0 Å². The number of rotatable bonds is 3. The maximum Gasteiger partial charge on any atom is 0.232 e. The highest BCUT2D eigenvalue weighted by Gasteiger charge is 2.25. The first-order valence-electron chi connectivity index (χ1n) is 6.98. The number of carbonyl (C=O) groups excluding carboxylic acids is 1. The largest absolute Gasteiger partial charge is 0.373 e. The summed E-state index contributed by atoms with van der Waals surface area (Å²) in [7, 11) is 1.69. The SMILES string of the molecule is CN(C(=O)CC1OCCc2ccccc21)c1ncccn1. The van der Waals surface area contributed by atoms with Gasteiger partial charge < -0.3 is 4.74 Å². The number of aromatic nitrogens is 2. The Morgan fingerprint density at radius 1 is 1.29 bits per heavy atom. The van der Waals surface area contributed by atoms with Gasteiger partial charge in [-0.05, 0) is 23.6 Å². The van der Waals surface area contributed by atoms with E-state index in [1.165, 1.54) is 10.5 Å². The molecule has 0 fully saturated rings. The van der Waals surface area contributed by atoms with Gasteiger partial charge in [0.15, 0.2) is 0 Å². The van der Waals surface area contributed by atoms with Gasteiger partial charge in [-0.2, -0.15) is 0 Å². The molecule has 21 heavy (non-hydrogen) atoms.